The summed E-state index contributed by atoms with van der Waals surface area (Å²) in [6, 6.07) is 15.3. The largest absolute Gasteiger partial charge is 0.436 e. The van der Waals surface area contributed by atoms with Crippen LogP contribution in [-0.4, -0.2) is 29.7 Å². The standard InChI is InChI=1S/C24H20N8O/c1-14-10-17(19-8-9-28-32(19)3)11-15(2)21(14)33-23-20-22(27-13-26-20)30-24(31-23)29-18-6-4-16(12-25)5-7-18/h4-11,13H,1-3H3,(H2,26,27,29,30,31). The zero-order valence-corrected chi connectivity index (χ0v) is 18.3. The molecule has 0 unspecified atom stereocenters. The number of ether oxygens (including phenoxy) is 1. The number of imidazole rings is 1. The minimum absolute atomic E-state index is 0.344. The molecule has 9 nitrogen and oxygen atoms in total. The third kappa shape index (κ3) is 3.85. The summed E-state index contributed by atoms with van der Waals surface area (Å²) in [6.07, 6.45) is 3.34. The molecule has 3 heterocycles. The van der Waals surface area contributed by atoms with E-state index in [1.165, 1.54) is 0 Å². The third-order valence-corrected chi connectivity index (χ3v) is 5.30. The highest BCUT2D eigenvalue weighted by molar-refractivity contribution is 5.78. The van der Waals surface area contributed by atoms with Crippen LogP contribution in [0.3, 0.4) is 0 Å². The minimum Gasteiger partial charge on any atom is -0.436 e. The SMILES string of the molecule is Cc1cc(-c2ccnn2C)cc(C)c1Oc1nc(Nc2ccc(C#N)cc2)nc2nc[nH]c12. The van der Waals surface area contributed by atoms with Crippen molar-refractivity contribution >= 4 is 22.8 Å². The number of aryl methyl sites for hydroxylation is 3. The first kappa shape index (κ1) is 20.2. The van der Waals surface area contributed by atoms with E-state index in [2.05, 4.69) is 48.6 Å². The van der Waals surface area contributed by atoms with Gasteiger partial charge in [0.1, 0.15) is 11.3 Å². The molecule has 162 valence electrons. The second-order valence-electron chi connectivity index (χ2n) is 7.65. The van der Waals surface area contributed by atoms with Gasteiger partial charge in [-0.2, -0.15) is 20.3 Å². The molecule has 0 amide bonds. The number of rotatable bonds is 5. The van der Waals surface area contributed by atoms with E-state index in [9.17, 15) is 0 Å². The van der Waals surface area contributed by atoms with Crippen molar-refractivity contribution in [3.63, 3.8) is 0 Å². The van der Waals surface area contributed by atoms with Gasteiger partial charge in [-0.3, -0.25) is 4.68 Å². The van der Waals surface area contributed by atoms with Crippen molar-refractivity contribution in [2.24, 2.45) is 7.05 Å². The maximum absolute atomic E-state index is 8.99. The van der Waals surface area contributed by atoms with E-state index in [1.54, 1.807) is 36.8 Å². The fraction of sp³-hybridized carbons (Fsp3) is 0.125. The lowest BCUT2D eigenvalue weighted by Gasteiger charge is -2.14. The van der Waals surface area contributed by atoms with Crippen LogP contribution in [0.5, 0.6) is 11.6 Å². The number of aromatic nitrogens is 6. The lowest BCUT2D eigenvalue weighted by molar-refractivity contribution is 0.461. The van der Waals surface area contributed by atoms with Gasteiger partial charge in [-0.05, 0) is 67.4 Å². The summed E-state index contributed by atoms with van der Waals surface area (Å²) in [5, 5.41) is 16.4. The van der Waals surface area contributed by atoms with Crippen LogP contribution >= 0.6 is 0 Å². The zero-order valence-electron chi connectivity index (χ0n) is 18.3. The number of aromatic amines is 1. The van der Waals surface area contributed by atoms with Crippen molar-refractivity contribution in [2.75, 3.05) is 5.32 Å². The number of benzene rings is 2. The Kier molecular flexibility index (Phi) is 4.95. The number of hydrogen-bond donors (Lipinski definition) is 2. The molecular weight excluding hydrogens is 416 g/mol. The van der Waals surface area contributed by atoms with E-state index in [4.69, 9.17) is 10.00 Å². The molecular formula is C24H20N8O. The van der Waals surface area contributed by atoms with Gasteiger partial charge in [0, 0.05) is 24.5 Å². The smallest absolute Gasteiger partial charge is 0.250 e. The van der Waals surface area contributed by atoms with E-state index < -0.39 is 0 Å². The predicted octanol–water partition coefficient (Wildman–Crippen LogP) is 4.78. The number of hydrogen-bond acceptors (Lipinski definition) is 7. The lowest BCUT2D eigenvalue weighted by atomic mass is 10.0. The highest BCUT2D eigenvalue weighted by Gasteiger charge is 2.16. The molecule has 2 aromatic carbocycles. The fourth-order valence-corrected chi connectivity index (χ4v) is 3.71. The first-order chi connectivity index (χ1) is 16.0. The van der Waals surface area contributed by atoms with Gasteiger partial charge in [-0.15, -0.1) is 0 Å². The van der Waals surface area contributed by atoms with Crippen molar-refractivity contribution in [2.45, 2.75) is 13.8 Å². The number of nitriles is 1. The van der Waals surface area contributed by atoms with Crippen LogP contribution in [0, 0.1) is 25.2 Å². The molecule has 33 heavy (non-hydrogen) atoms. The maximum atomic E-state index is 8.99. The van der Waals surface area contributed by atoms with Crippen LogP contribution in [0.15, 0.2) is 55.0 Å². The molecule has 0 bridgehead atoms. The van der Waals surface area contributed by atoms with Gasteiger partial charge in [-0.1, -0.05) is 0 Å². The molecule has 5 rings (SSSR count). The maximum Gasteiger partial charge on any atom is 0.250 e. The lowest BCUT2D eigenvalue weighted by Crippen LogP contribution is -2.02. The van der Waals surface area contributed by atoms with Gasteiger partial charge in [-0.25, -0.2) is 4.98 Å². The molecule has 0 aliphatic carbocycles. The van der Waals surface area contributed by atoms with Crippen LogP contribution in [0.2, 0.25) is 0 Å². The average Bonchev–Trinajstić information content (AvgIpc) is 3.45. The highest BCUT2D eigenvalue weighted by atomic mass is 16.5. The van der Waals surface area contributed by atoms with Crippen LogP contribution in [0.4, 0.5) is 11.6 Å². The Morgan fingerprint density at radius 1 is 1.06 bits per heavy atom. The van der Waals surface area contributed by atoms with Crippen molar-refractivity contribution in [1.82, 2.24) is 29.7 Å². The molecule has 0 aliphatic heterocycles. The molecule has 0 spiro atoms. The summed E-state index contributed by atoms with van der Waals surface area (Å²) < 4.78 is 8.14. The van der Waals surface area contributed by atoms with Crippen molar-refractivity contribution in [3.05, 3.63) is 71.7 Å². The van der Waals surface area contributed by atoms with Crippen molar-refractivity contribution in [3.8, 4) is 29.0 Å². The van der Waals surface area contributed by atoms with Gasteiger partial charge in [0.2, 0.25) is 5.95 Å². The van der Waals surface area contributed by atoms with Crippen LogP contribution in [0.1, 0.15) is 16.7 Å². The summed E-state index contributed by atoms with van der Waals surface area (Å²) in [7, 11) is 1.92. The molecule has 0 saturated heterocycles. The first-order valence-electron chi connectivity index (χ1n) is 10.3. The Morgan fingerprint density at radius 2 is 1.82 bits per heavy atom. The number of nitrogens with one attached hydrogen (secondary N) is 2. The zero-order chi connectivity index (χ0) is 22.9. The molecule has 9 heteroatoms. The van der Waals surface area contributed by atoms with Gasteiger partial charge in [0.25, 0.3) is 5.88 Å². The van der Waals surface area contributed by atoms with Crippen molar-refractivity contribution in [1.29, 1.82) is 5.26 Å². The van der Waals surface area contributed by atoms with E-state index >= 15 is 0 Å². The molecule has 5 aromatic rings. The van der Waals surface area contributed by atoms with Crippen LogP contribution < -0.4 is 10.1 Å². The van der Waals surface area contributed by atoms with Crippen LogP contribution in [-0.2, 0) is 7.05 Å². The second kappa shape index (κ2) is 8.09. The molecule has 0 saturated carbocycles. The summed E-state index contributed by atoms with van der Waals surface area (Å²) in [6.45, 7) is 4.01. The molecule has 3 aromatic heterocycles. The predicted molar refractivity (Wildman–Crippen MR) is 124 cm³/mol. The Labute approximate surface area is 189 Å². The van der Waals surface area contributed by atoms with Crippen molar-refractivity contribution < 1.29 is 4.74 Å². The van der Waals surface area contributed by atoms with E-state index in [-0.39, 0.29) is 0 Å². The normalized spacial score (nSPS) is 10.8. The summed E-state index contributed by atoms with van der Waals surface area (Å²) in [5.41, 5.74) is 6.46. The fourth-order valence-electron chi connectivity index (χ4n) is 3.71. The van der Waals surface area contributed by atoms with E-state index in [0.717, 1.165) is 33.8 Å². The Hall–Kier alpha value is -4.71. The second-order valence-corrected chi connectivity index (χ2v) is 7.65. The molecule has 0 fully saturated rings. The Bertz CT molecular complexity index is 1490. The monoisotopic (exact) mass is 436 g/mol. The molecule has 0 radical (unpaired) electrons. The Morgan fingerprint density at radius 3 is 2.48 bits per heavy atom. The first-order valence-corrected chi connectivity index (χ1v) is 10.3. The Balaban J connectivity index is 1.50. The van der Waals surface area contributed by atoms with E-state index in [1.807, 2.05) is 31.6 Å². The summed E-state index contributed by atoms with van der Waals surface area (Å²) >= 11 is 0. The number of fused-ring (bicyclic) bond motifs is 1. The van der Waals surface area contributed by atoms with Gasteiger partial charge in [0.15, 0.2) is 5.65 Å². The van der Waals surface area contributed by atoms with Gasteiger partial charge >= 0.3 is 0 Å². The van der Waals surface area contributed by atoms with Crippen LogP contribution in [0.25, 0.3) is 22.4 Å². The molecule has 0 aliphatic rings. The molecule has 0 atom stereocenters. The topological polar surface area (TPSA) is 117 Å². The average molecular weight is 436 g/mol. The summed E-state index contributed by atoms with van der Waals surface area (Å²) in [5.74, 6) is 1.43. The molecule has 2 N–H and O–H groups in total. The number of H-pyrrole nitrogens is 1. The van der Waals surface area contributed by atoms with E-state index in [0.29, 0.717) is 28.6 Å². The van der Waals surface area contributed by atoms with Gasteiger partial charge in [0.05, 0.1) is 23.7 Å². The number of nitrogens with zero attached hydrogens (tertiary/aromatic N) is 6. The third-order valence-electron chi connectivity index (χ3n) is 5.30. The number of anilines is 2. The highest BCUT2D eigenvalue weighted by Crippen LogP contribution is 2.35. The summed E-state index contributed by atoms with van der Waals surface area (Å²) in [4.78, 5) is 16.4. The van der Waals surface area contributed by atoms with Gasteiger partial charge < -0.3 is 15.0 Å². The minimum atomic E-state index is 0.344. The quantitative estimate of drug-likeness (QED) is 0.407.